The summed E-state index contributed by atoms with van der Waals surface area (Å²) in [7, 11) is 3.14. The lowest BCUT2D eigenvalue weighted by atomic mass is 9.74. The van der Waals surface area contributed by atoms with Crippen molar-refractivity contribution >= 4 is 18.2 Å². The van der Waals surface area contributed by atoms with E-state index in [0.717, 1.165) is 36.8 Å². The molecule has 2 aromatic rings. The first-order chi connectivity index (χ1) is 23.0. The summed E-state index contributed by atoms with van der Waals surface area (Å²) in [6.45, 7) is 0. The molecule has 1 aliphatic carbocycles. The number of esters is 1. The minimum Gasteiger partial charge on any atom is -0.493 e. The highest BCUT2D eigenvalue weighted by atomic mass is 16.7. The number of hydrogen-bond acceptors (Lipinski definition) is 14. The molecule has 9 atom stereocenters. The van der Waals surface area contributed by atoms with Crippen LogP contribution in [-0.4, -0.2) is 101 Å². The summed E-state index contributed by atoms with van der Waals surface area (Å²) in [5.41, 5.74) is 5.38. The van der Waals surface area contributed by atoms with Crippen molar-refractivity contribution in [1.82, 2.24) is 0 Å². The third-order valence-electron chi connectivity index (χ3n) is 10.1. The van der Waals surface area contributed by atoms with E-state index in [-0.39, 0.29) is 18.1 Å². The van der Waals surface area contributed by atoms with Crippen molar-refractivity contribution in [3.8, 4) is 28.7 Å². The number of aliphatic hydroxyl groups is 3. The molecule has 0 amide bonds. The number of carbonyl (C=O) groups excluding carboxylic acids is 1. The third kappa shape index (κ3) is 5.03. The average molecular weight is 671 g/mol. The highest BCUT2D eigenvalue weighted by Gasteiger charge is 2.62. The molecular weight excluding hydrogens is 632 g/mol. The summed E-state index contributed by atoms with van der Waals surface area (Å²) in [4.78, 5) is 27.5. The molecule has 2 fully saturated rings. The van der Waals surface area contributed by atoms with Crippen molar-refractivity contribution in [2.75, 3.05) is 14.2 Å². The van der Waals surface area contributed by atoms with E-state index in [4.69, 9.17) is 44.0 Å². The van der Waals surface area contributed by atoms with Gasteiger partial charge in [0.1, 0.15) is 59.7 Å². The summed E-state index contributed by atoms with van der Waals surface area (Å²) in [6, 6.07) is 8.98. The number of aliphatic carboxylic acids is 1. The molecule has 0 aromatic heterocycles. The largest absolute Gasteiger partial charge is 0.493 e. The third-order valence-corrected chi connectivity index (χ3v) is 10.1. The van der Waals surface area contributed by atoms with E-state index in [2.05, 4.69) is 4.99 Å². The standard InChI is InChI=1S/C33H38N2O13/c1-42-18-8-7-17-22-25(46-26(17)27(18)43-2)16-6-5-15(13-19(16)47-32(22)9-3-4-10-32)44-31-24(40)23(39)28(41)33(48-31)11-12-35-30(34)29(33)45-21(38)14-20(36)37/h5-8,12-13,22-25,28-31,39-41H,3-4,9-11,14,34H2,1-2H3,(H,36,37)/t22-,23+,24+,25+,28-,29+,30-,31-,33-/m0/s1. The van der Waals surface area contributed by atoms with Crippen LogP contribution in [-0.2, 0) is 19.1 Å². The smallest absolute Gasteiger partial charge is 0.317 e. The molecule has 1 saturated carbocycles. The van der Waals surface area contributed by atoms with Crippen LogP contribution < -0.4 is 29.4 Å². The molecule has 15 heteroatoms. The molecule has 0 radical (unpaired) electrons. The number of carboxylic acids is 1. The number of methoxy groups -OCH3 is 2. The van der Waals surface area contributed by atoms with E-state index in [1.165, 1.54) is 6.21 Å². The normalized spacial score (nSPS) is 34.0. The molecule has 15 nitrogen and oxygen atoms in total. The van der Waals surface area contributed by atoms with Crippen LogP contribution in [0.1, 0.15) is 61.7 Å². The Kier molecular flexibility index (Phi) is 8.15. The van der Waals surface area contributed by atoms with Crippen LogP contribution in [0.4, 0.5) is 0 Å². The van der Waals surface area contributed by atoms with E-state index in [1.54, 1.807) is 32.4 Å². The molecule has 258 valence electrons. The van der Waals surface area contributed by atoms with Gasteiger partial charge in [0, 0.05) is 29.8 Å². The molecular formula is C33H38N2O13. The first-order valence-electron chi connectivity index (χ1n) is 15.8. The first-order valence-corrected chi connectivity index (χ1v) is 15.8. The highest BCUT2D eigenvalue weighted by Crippen LogP contribution is 2.64. The van der Waals surface area contributed by atoms with Crippen molar-refractivity contribution in [2.24, 2.45) is 10.7 Å². The van der Waals surface area contributed by atoms with Crippen LogP contribution in [0.15, 0.2) is 35.3 Å². The number of fused-ring (bicyclic) bond motifs is 6. The van der Waals surface area contributed by atoms with Gasteiger partial charge in [-0.05, 0) is 43.9 Å². The van der Waals surface area contributed by atoms with Gasteiger partial charge >= 0.3 is 11.9 Å². The van der Waals surface area contributed by atoms with Gasteiger partial charge in [-0.3, -0.25) is 14.6 Å². The zero-order valence-electron chi connectivity index (χ0n) is 26.3. The number of aliphatic imine (C=N–C) groups is 1. The topological polar surface area (TPSA) is 218 Å². The molecule has 48 heavy (non-hydrogen) atoms. The number of ether oxygens (including phenoxy) is 7. The molecule has 5 aliphatic rings. The summed E-state index contributed by atoms with van der Waals surface area (Å²) >= 11 is 0. The maximum Gasteiger partial charge on any atom is 0.317 e. The number of hydrogen-bond donors (Lipinski definition) is 5. The fourth-order valence-corrected chi connectivity index (χ4v) is 7.92. The summed E-state index contributed by atoms with van der Waals surface area (Å²) in [6.07, 6.45) is -6.40. The van der Waals surface area contributed by atoms with Gasteiger partial charge in [0.15, 0.2) is 17.6 Å². The molecule has 1 saturated heterocycles. The number of rotatable bonds is 7. The minimum absolute atomic E-state index is 0.105. The highest BCUT2D eigenvalue weighted by molar-refractivity contribution is 5.90. The number of aliphatic hydroxyl groups excluding tert-OH is 3. The Morgan fingerprint density at radius 2 is 1.79 bits per heavy atom. The van der Waals surface area contributed by atoms with Gasteiger partial charge in [0.25, 0.3) is 0 Å². The lowest BCUT2D eigenvalue weighted by Gasteiger charge is -2.52. The Morgan fingerprint density at radius 3 is 2.50 bits per heavy atom. The number of carboxylic acid groups (broad SMARTS) is 1. The maximum atomic E-state index is 12.4. The van der Waals surface area contributed by atoms with E-state index < -0.39 is 72.5 Å². The second kappa shape index (κ2) is 12.1. The van der Waals surface area contributed by atoms with Gasteiger partial charge in [-0.25, -0.2) is 0 Å². The molecule has 2 spiro atoms. The second-order valence-corrected chi connectivity index (χ2v) is 12.8. The minimum atomic E-state index is -1.92. The van der Waals surface area contributed by atoms with Crippen molar-refractivity contribution in [3.63, 3.8) is 0 Å². The maximum absolute atomic E-state index is 12.4. The SMILES string of the molecule is COc1ccc2c(c1OC)O[C@@H]1c3ccc(O[C@H]4O[C@@]5(CC=N[C@H](N)[C@H]5OC(=O)CC(=O)O)[C@@H](O)[C@H](O)[C@H]4O)cc3OC3(CCCC3)[C@@H]21. The van der Waals surface area contributed by atoms with Crippen LogP contribution >= 0.6 is 0 Å². The Hall–Kier alpha value is -4.15. The summed E-state index contributed by atoms with van der Waals surface area (Å²) < 4.78 is 42.2. The van der Waals surface area contributed by atoms with Crippen molar-refractivity contribution in [2.45, 2.75) is 98.6 Å². The summed E-state index contributed by atoms with van der Waals surface area (Å²) in [5.74, 6) is -0.279. The quantitative estimate of drug-likeness (QED) is 0.207. The predicted molar refractivity (Wildman–Crippen MR) is 163 cm³/mol. The lowest BCUT2D eigenvalue weighted by molar-refractivity contribution is -0.333. The van der Waals surface area contributed by atoms with Crippen molar-refractivity contribution < 1.29 is 63.2 Å². The van der Waals surface area contributed by atoms with Crippen molar-refractivity contribution in [1.29, 1.82) is 0 Å². The van der Waals surface area contributed by atoms with Crippen LogP contribution in [0.2, 0.25) is 0 Å². The molecule has 6 N–H and O–H groups in total. The van der Waals surface area contributed by atoms with E-state index in [1.807, 2.05) is 12.1 Å². The zero-order valence-corrected chi connectivity index (χ0v) is 26.3. The predicted octanol–water partition coefficient (Wildman–Crippen LogP) is 1.33. The molecule has 7 rings (SSSR count). The fourth-order valence-electron chi connectivity index (χ4n) is 7.92. The van der Waals surface area contributed by atoms with Crippen LogP contribution in [0.5, 0.6) is 28.7 Å². The van der Waals surface area contributed by atoms with E-state index in [9.17, 15) is 24.9 Å². The van der Waals surface area contributed by atoms with E-state index >= 15 is 0 Å². The van der Waals surface area contributed by atoms with Crippen molar-refractivity contribution in [3.05, 3.63) is 41.5 Å². The molecule has 0 unspecified atom stereocenters. The summed E-state index contributed by atoms with van der Waals surface area (Å²) in [5, 5.41) is 42.1. The first kappa shape index (κ1) is 32.4. The average Bonchev–Trinajstić information content (AvgIpc) is 3.69. The Morgan fingerprint density at radius 1 is 1.04 bits per heavy atom. The number of nitrogens with zero attached hydrogens (tertiary/aromatic N) is 1. The number of carbonyl (C=O) groups is 2. The van der Waals surface area contributed by atoms with E-state index in [0.29, 0.717) is 23.0 Å². The van der Waals surface area contributed by atoms with Gasteiger partial charge < -0.3 is 59.3 Å². The molecule has 0 bridgehead atoms. The van der Waals surface area contributed by atoms with Crippen LogP contribution in [0.25, 0.3) is 0 Å². The Bertz CT molecular complexity index is 1630. The molecule has 2 aromatic carbocycles. The number of benzene rings is 2. The van der Waals surface area contributed by atoms with Gasteiger partial charge in [-0.2, -0.15) is 0 Å². The molecule has 4 heterocycles. The van der Waals surface area contributed by atoms with Gasteiger partial charge in [-0.15, -0.1) is 0 Å². The van der Waals surface area contributed by atoms with Crippen LogP contribution in [0.3, 0.4) is 0 Å². The number of nitrogens with two attached hydrogens (primary N) is 1. The van der Waals surface area contributed by atoms with Gasteiger partial charge in [0.2, 0.25) is 12.0 Å². The van der Waals surface area contributed by atoms with Crippen LogP contribution in [0, 0.1) is 0 Å². The van der Waals surface area contributed by atoms with Gasteiger partial charge in [0.05, 0.1) is 20.1 Å². The Labute approximate surface area is 275 Å². The fraction of sp³-hybridized carbons (Fsp3) is 0.545. The zero-order chi connectivity index (χ0) is 34.0. The lowest BCUT2D eigenvalue weighted by Crippen LogP contribution is -2.73. The second-order valence-electron chi connectivity index (χ2n) is 12.8. The monoisotopic (exact) mass is 670 g/mol. The van der Waals surface area contributed by atoms with Gasteiger partial charge in [-0.1, -0.05) is 6.07 Å². The molecule has 4 aliphatic heterocycles. The Balaban J connectivity index is 1.20.